The Hall–Kier alpha value is -1.20. The van der Waals surface area contributed by atoms with Crippen molar-refractivity contribution in [1.82, 2.24) is 5.32 Å². The highest BCUT2D eigenvalue weighted by Gasteiger charge is 2.34. The average molecular weight is 323 g/mol. The summed E-state index contributed by atoms with van der Waals surface area (Å²) in [7, 11) is -1.28. The van der Waals surface area contributed by atoms with Crippen LogP contribution in [0.2, 0.25) is 0 Å². The predicted molar refractivity (Wildman–Crippen MR) is 89.2 cm³/mol. The van der Waals surface area contributed by atoms with Crippen molar-refractivity contribution in [2.45, 2.75) is 37.5 Å². The molecule has 2 rings (SSSR count). The van der Waals surface area contributed by atoms with E-state index in [1.165, 1.54) is 24.8 Å². The van der Waals surface area contributed by atoms with E-state index in [0.29, 0.717) is 6.54 Å². The summed E-state index contributed by atoms with van der Waals surface area (Å²) < 4.78 is 11.5. The Morgan fingerprint density at radius 3 is 2.50 bits per heavy atom. The highest BCUT2D eigenvalue weighted by atomic mass is 32.2. The minimum absolute atomic E-state index is 0.00758. The number of carbonyl (C=O) groups excluding carboxylic acids is 1. The average Bonchev–Trinajstić information content (AvgIpc) is 2.55. The minimum Gasteiger partial charge on any atom is -0.395 e. The van der Waals surface area contributed by atoms with E-state index in [0.717, 1.165) is 12.8 Å². The molecule has 1 fully saturated rings. The molecule has 1 aromatic carbocycles. The van der Waals surface area contributed by atoms with Crippen molar-refractivity contribution in [2.24, 2.45) is 0 Å². The van der Waals surface area contributed by atoms with Gasteiger partial charge in [0, 0.05) is 28.5 Å². The van der Waals surface area contributed by atoms with E-state index < -0.39 is 10.8 Å². The second-order valence-electron chi connectivity index (χ2n) is 6.00. The molecule has 1 amide bonds. The van der Waals surface area contributed by atoms with E-state index >= 15 is 0 Å². The van der Waals surface area contributed by atoms with Crippen LogP contribution in [0.3, 0.4) is 0 Å². The van der Waals surface area contributed by atoms with E-state index in [4.69, 9.17) is 5.11 Å². The zero-order valence-electron chi connectivity index (χ0n) is 12.9. The van der Waals surface area contributed by atoms with Crippen molar-refractivity contribution >= 4 is 16.7 Å². The summed E-state index contributed by atoms with van der Waals surface area (Å²) in [6, 6.07) is 10.4. The smallest absolute Gasteiger partial charge is 0.232 e. The molecule has 1 aliphatic rings. The summed E-state index contributed by atoms with van der Waals surface area (Å²) in [5, 5.41) is 11.7. The first-order valence-electron chi connectivity index (χ1n) is 7.94. The van der Waals surface area contributed by atoms with Crippen LogP contribution in [0.15, 0.2) is 30.3 Å². The third-order valence-electron chi connectivity index (χ3n) is 4.43. The van der Waals surface area contributed by atoms with Gasteiger partial charge in [-0.2, -0.15) is 0 Å². The second-order valence-corrected chi connectivity index (χ2v) is 7.57. The Kier molecular flexibility index (Phi) is 6.58. The summed E-state index contributed by atoms with van der Waals surface area (Å²) in [6.07, 6.45) is 5.78. The highest BCUT2D eigenvalue weighted by Crippen LogP contribution is 2.38. The number of amides is 1. The maximum atomic E-state index is 12.0. The quantitative estimate of drug-likeness (QED) is 0.803. The Morgan fingerprint density at radius 2 is 1.86 bits per heavy atom. The molecule has 122 valence electrons. The van der Waals surface area contributed by atoms with Gasteiger partial charge in [0.05, 0.1) is 6.61 Å². The predicted octanol–water partition coefficient (Wildman–Crippen LogP) is 1.75. The summed E-state index contributed by atoms with van der Waals surface area (Å²) in [6.45, 7) is 0.458. The van der Waals surface area contributed by atoms with Gasteiger partial charge in [0.1, 0.15) is 5.75 Å². The lowest BCUT2D eigenvalue weighted by Crippen LogP contribution is -2.43. The normalized spacial score (nSPS) is 18.6. The van der Waals surface area contributed by atoms with Gasteiger partial charge in [-0.25, -0.2) is 0 Å². The molecule has 1 saturated carbocycles. The van der Waals surface area contributed by atoms with Crippen LogP contribution in [0.1, 0.15) is 37.7 Å². The van der Waals surface area contributed by atoms with Crippen LogP contribution < -0.4 is 5.32 Å². The summed E-state index contributed by atoms with van der Waals surface area (Å²) in [5.74, 6) is -0.0458. The van der Waals surface area contributed by atoms with Gasteiger partial charge in [0.25, 0.3) is 0 Å². The van der Waals surface area contributed by atoms with Crippen molar-refractivity contribution in [3.05, 3.63) is 35.9 Å². The fourth-order valence-corrected chi connectivity index (χ4v) is 3.97. The molecule has 1 unspecified atom stereocenters. The zero-order valence-corrected chi connectivity index (χ0v) is 13.7. The molecule has 22 heavy (non-hydrogen) atoms. The summed E-state index contributed by atoms with van der Waals surface area (Å²) in [4.78, 5) is 12.0. The molecule has 4 nitrogen and oxygen atoms in total. The molecule has 0 spiro atoms. The molecule has 2 N–H and O–H groups in total. The molecule has 0 aliphatic heterocycles. The first-order valence-corrected chi connectivity index (χ1v) is 9.43. The third kappa shape index (κ3) is 4.65. The molecule has 0 aromatic heterocycles. The van der Waals surface area contributed by atoms with Gasteiger partial charge in [-0.3, -0.25) is 9.00 Å². The number of carbonyl (C=O) groups is 1. The largest absolute Gasteiger partial charge is 0.395 e. The Bertz CT molecular complexity index is 498. The second kappa shape index (κ2) is 8.44. The lowest BCUT2D eigenvalue weighted by molar-refractivity contribution is -0.118. The van der Waals surface area contributed by atoms with E-state index in [1.807, 2.05) is 18.2 Å². The number of nitrogens with one attached hydrogen (secondary N) is 1. The Balaban J connectivity index is 1.99. The fraction of sp³-hybridized carbons (Fsp3) is 0.588. The van der Waals surface area contributed by atoms with E-state index in [2.05, 4.69) is 17.4 Å². The summed E-state index contributed by atoms with van der Waals surface area (Å²) in [5.41, 5.74) is 1.29. The van der Waals surface area contributed by atoms with Gasteiger partial charge in [-0.15, -0.1) is 0 Å². The lowest BCUT2D eigenvalue weighted by Gasteiger charge is -2.38. The Labute approximate surface area is 134 Å². The lowest BCUT2D eigenvalue weighted by atomic mass is 9.69. The molecule has 1 aromatic rings. The molecule has 0 saturated heterocycles. The van der Waals surface area contributed by atoms with Gasteiger partial charge in [0.2, 0.25) is 5.91 Å². The van der Waals surface area contributed by atoms with E-state index in [-0.39, 0.29) is 29.4 Å². The number of benzene rings is 1. The van der Waals surface area contributed by atoms with Crippen LogP contribution in [0.4, 0.5) is 0 Å². The number of hydrogen-bond donors (Lipinski definition) is 2. The molecule has 1 aliphatic carbocycles. The molecule has 5 heteroatoms. The summed E-state index contributed by atoms with van der Waals surface area (Å²) >= 11 is 0. The van der Waals surface area contributed by atoms with Crippen molar-refractivity contribution < 1.29 is 14.1 Å². The van der Waals surface area contributed by atoms with Gasteiger partial charge in [0.15, 0.2) is 0 Å². The monoisotopic (exact) mass is 323 g/mol. The van der Waals surface area contributed by atoms with Crippen molar-refractivity contribution in [2.75, 3.05) is 24.7 Å². The third-order valence-corrected chi connectivity index (χ3v) is 5.65. The van der Waals surface area contributed by atoms with Gasteiger partial charge >= 0.3 is 0 Å². The number of aliphatic hydroxyl groups is 1. The number of rotatable bonds is 7. The SMILES string of the molecule is O=C(CS(=O)CCO)NCC1(c2ccccc2)CCCCC1. The van der Waals surface area contributed by atoms with Crippen LogP contribution in [0.25, 0.3) is 0 Å². The Morgan fingerprint density at radius 1 is 1.18 bits per heavy atom. The van der Waals surface area contributed by atoms with Crippen LogP contribution in [-0.2, 0) is 21.0 Å². The van der Waals surface area contributed by atoms with Crippen LogP contribution in [-0.4, -0.2) is 39.9 Å². The molecule has 0 heterocycles. The zero-order chi connectivity index (χ0) is 15.8. The van der Waals surface area contributed by atoms with Crippen molar-refractivity contribution in [1.29, 1.82) is 0 Å². The van der Waals surface area contributed by atoms with E-state index in [9.17, 15) is 9.00 Å². The minimum atomic E-state index is -1.28. The number of hydrogen-bond acceptors (Lipinski definition) is 3. The van der Waals surface area contributed by atoms with Crippen LogP contribution in [0.5, 0.6) is 0 Å². The fourth-order valence-electron chi connectivity index (χ4n) is 3.23. The first kappa shape index (κ1) is 17.2. The highest BCUT2D eigenvalue weighted by molar-refractivity contribution is 7.85. The standard InChI is InChI=1S/C17H25NO3S/c19-11-12-22(21)13-16(20)18-14-17(9-5-2-6-10-17)15-7-3-1-4-8-15/h1,3-4,7-8,19H,2,5-6,9-14H2,(H,18,20). The van der Waals surface area contributed by atoms with Crippen molar-refractivity contribution in [3.63, 3.8) is 0 Å². The van der Waals surface area contributed by atoms with Gasteiger partial charge in [-0.1, -0.05) is 49.6 Å². The molecule has 1 atom stereocenters. The molecular formula is C17H25NO3S. The van der Waals surface area contributed by atoms with E-state index in [1.54, 1.807) is 0 Å². The molecule has 0 bridgehead atoms. The van der Waals surface area contributed by atoms with Crippen molar-refractivity contribution in [3.8, 4) is 0 Å². The van der Waals surface area contributed by atoms with Crippen LogP contribution >= 0.6 is 0 Å². The van der Waals surface area contributed by atoms with Crippen LogP contribution in [0, 0.1) is 0 Å². The molecular weight excluding hydrogens is 298 g/mol. The maximum absolute atomic E-state index is 12.0. The topological polar surface area (TPSA) is 66.4 Å². The van der Waals surface area contributed by atoms with Gasteiger partial charge in [-0.05, 0) is 18.4 Å². The maximum Gasteiger partial charge on any atom is 0.232 e. The van der Waals surface area contributed by atoms with Gasteiger partial charge < -0.3 is 10.4 Å². The first-order chi connectivity index (χ1) is 10.7. The molecule has 0 radical (unpaired) electrons. The number of aliphatic hydroxyl groups excluding tert-OH is 1.